The van der Waals surface area contributed by atoms with Crippen molar-refractivity contribution in [2.24, 2.45) is 11.1 Å². The van der Waals surface area contributed by atoms with Gasteiger partial charge in [-0.3, -0.25) is 4.79 Å². The number of aliphatic hydroxyl groups is 1. The van der Waals surface area contributed by atoms with Crippen molar-refractivity contribution in [1.29, 1.82) is 0 Å². The number of aliphatic hydroxyl groups excluding tert-OH is 1. The second-order valence-corrected chi connectivity index (χ2v) is 6.29. The highest BCUT2D eigenvalue weighted by Gasteiger charge is 2.64. The van der Waals surface area contributed by atoms with Gasteiger partial charge in [0.25, 0.3) is 0 Å². The number of nitrogens with two attached hydrogens (primary N) is 1. The molecule has 2 aliphatic carbocycles. The number of nitrogens with zero attached hydrogens (tertiary/aromatic N) is 1. The third-order valence-electron chi connectivity index (χ3n) is 4.80. The van der Waals surface area contributed by atoms with E-state index in [4.69, 9.17) is 15.6 Å². The molecule has 2 fully saturated rings. The Labute approximate surface area is 115 Å². The van der Waals surface area contributed by atoms with Gasteiger partial charge >= 0.3 is 0 Å². The lowest BCUT2D eigenvalue weighted by Crippen LogP contribution is -2.76. The normalized spacial score (nSPS) is 32.8. The largest absolute Gasteiger partial charge is 0.395 e. The number of carbonyl (C=O) groups is 1. The molecule has 2 aliphatic rings. The second kappa shape index (κ2) is 5.04. The summed E-state index contributed by atoms with van der Waals surface area (Å²) in [6.07, 6.45) is 2.66. The molecule has 0 radical (unpaired) electrons. The van der Waals surface area contributed by atoms with E-state index in [9.17, 15) is 4.79 Å². The van der Waals surface area contributed by atoms with E-state index in [0.29, 0.717) is 19.6 Å². The molecule has 5 nitrogen and oxygen atoms in total. The summed E-state index contributed by atoms with van der Waals surface area (Å²) in [6.45, 7) is 6.97. The average Bonchev–Trinajstić information content (AvgIpc) is 3.18. The number of ether oxygens (including phenoxy) is 1. The second-order valence-electron chi connectivity index (χ2n) is 6.29. The molecule has 2 saturated carbocycles. The summed E-state index contributed by atoms with van der Waals surface area (Å²) in [5.74, 6) is -0.0231. The number of hydrogen-bond acceptors (Lipinski definition) is 4. The Kier molecular flexibility index (Phi) is 3.91. The molecule has 0 aromatic rings. The van der Waals surface area contributed by atoms with Crippen LogP contribution in [0.15, 0.2) is 0 Å². The zero-order chi connectivity index (χ0) is 14.3. The van der Waals surface area contributed by atoms with Crippen LogP contribution >= 0.6 is 0 Å². The molecule has 19 heavy (non-hydrogen) atoms. The van der Waals surface area contributed by atoms with Crippen LogP contribution in [0.4, 0.5) is 0 Å². The van der Waals surface area contributed by atoms with Crippen molar-refractivity contribution in [3.05, 3.63) is 0 Å². The first kappa shape index (κ1) is 14.8. The number of carbonyl (C=O) groups excluding carboxylic acids is 1. The summed E-state index contributed by atoms with van der Waals surface area (Å²) >= 11 is 0. The molecule has 0 aliphatic heterocycles. The topological polar surface area (TPSA) is 75.8 Å². The third kappa shape index (κ3) is 2.28. The predicted octanol–water partition coefficient (Wildman–Crippen LogP) is 0.502. The highest BCUT2D eigenvalue weighted by molar-refractivity contribution is 5.89. The fraction of sp³-hybridized carbons (Fsp3) is 0.929. The Morgan fingerprint density at radius 2 is 2.11 bits per heavy atom. The van der Waals surface area contributed by atoms with Crippen LogP contribution in [0.2, 0.25) is 0 Å². The van der Waals surface area contributed by atoms with Crippen molar-refractivity contribution in [2.45, 2.75) is 57.7 Å². The lowest BCUT2D eigenvalue weighted by atomic mass is 9.54. The van der Waals surface area contributed by atoms with E-state index < -0.39 is 5.54 Å². The van der Waals surface area contributed by atoms with Crippen LogP contribution in [0, 0.1) is 5.41 Å². The Morgan fingerprint density at radius 1 is 1.47 bits per heavy atom. The van der Waals surface area contributed by atoms with E-state index in [1.807, 2.05) is 20.8 Å². The van der Waals surface area contributed by atoms with Crippen molar-refractivity contribution >= 4 is 5.91 Å². The Balaban J connectivity index is 2.09. The van der Waals surface area contributed by atoms with Gasteiger partial charge in [-0.25, -0.2) is 0 Å². The summed E-state index contributed by atoms with van der Waals surface area (Å²) in [7, 11) is 0. The molecule has 0 spiro atoms. The first-order chi connectivity index (χ1) is 8.88. The lowest BCUT2D eigenvalue weighted by Gasteiger charge is -2.58. The number of amides is 1. The maximum Gasteiger partial charge on any atom is 0.243 e. The van der Waals surface area contributed by atoms with E-state index in [-0.39, 0.29) is 30.1 Å². The minimum absolute atomic E-state index is 0.00631. The van der Waals surface area contributed by atoms with Crippen LogP contribution in [0.3, 0.4) is 0 Å². The summed E-state index contributed by atoms with van der Waals surface area (Å²) in [6, 6.07) is 0.280. The fourth-order valence-electron chi connectivity index (χ4n) is 3.00. The summed E-state index contributed by atoms with van der Waals surface area (Å²) in [5.41, 5.74) is 5.17. The Bertz CT molecular complexity index is 355. The molecular weight excluding hydrogens is 244 g/mol. The van der Waals surface area contributed by atoms with Crippen LogP contribution in [-0.2, 0) is 9.53 Å². The molecule has 2 rings (SSSR count). The third-order valence-corrected chi connectivity index (χ3v) is 4.80. The molecule has 5 heteroatoms. The smallest absolute Gasteiger partial charge is 0.243 e. The SMILES string of the molecule is CCOC1CC(N)(C(=O)N(CCO)C2CC2)C1(C)C. The van der Waals surface area contributed by atoms with Gasteiger partial charge in [-0.15, -0.1) is 0 Å². The quantitative estimate of drug-likeness (QED) is 0.737. The van der Waals surface area contributed by atoms with E-state index in [0.717, 1.165) is 12.8 Å². The van der Waals surface area contributed by atoms with E-state index >= 15 is 0 Å². The Hall–Kier alpha value is -0.650. The monoisotopic (exact) mass is 270 g/mol. The van der Waals surface area contributed by atoms with Gasteiger partial charge in [0.1, 0.15) is 5.54 Å². The van der Waals surface area contributed by atoms with Gasteiger partial charge < -0.3 is 20.5 Å². The minimum atomic E-state index is -0.857. The molecule has 2 unspecified atom stereocenters. The van der Waals surface area contributed by atoms with Crippen LogP contribution in [0.25, 0.3) is 0 Å². The summed E-state index contributed by atoms with van der Waals surface area (Å²) in [4.78, 5) is 14.5. The van der Waals surface area contributed by atoms with Crippen molar-refractivity contribution < 1.29 is 14.6 Å². The van der Waals surface area contributed by atoms with Crippen LogP contribution in [-0.4, -0.2) is 53.4 Å². The van der Waals surface area contributed by atoms with Crippen molar-refractivity contribution in [3.8, 4) is 0 Å². The Morgan fingerprint density at radius 3 is 2.53 bits per heavy atom. The molecule has 0 bridgehead atoms. The van der Waals surface area contributed by atoms with E-state index in [2.05, 4.69) is 0 Å². The lowest BCUT2D eigenvalue weighted by molar-refractivity contribution is -0.180. The average molecular weight is 270 g/mol. The van der Waals surface area contributed by atoms with Gasteiger partial charge in [0.05, 0.1) is 12.7 Å². The molecule has 3 N–H and O–H groups in total. The minimum Gasteiger partial charge on any atom is -0.395 e. The summed E-state index contributed by atoms with van der Waals surface area (Å²) < 4.78 is 5.65. The molecule has 0 heterocycles. The van der Waals surface area contributed by atoms with Gasteiger partial charge in [0.15, 0.2) is 0 Å². The fourth-order valence-corrected chi connectivity index (χ4v) is 3.00. The zero-order valence-electron chi connectivity index (χ0n) is 12.2. The number of hydrogen-bond donors (Lipinski definition) is 2. The molecule has 0 aromatic carbocycles. The molecular formula is C14H26N2O3. The molecule has 1 amide bonds. The van der Waals surface area contributed by atoms with Crippen molar-refractivity contribution in [1.82, 2.24) is 4.90 Å². The van der Waals surface area contributed by atoms with Gasteiger partial charge in [-0.2, -0.15) is 0 Å². The summed E-state index contributed by atoms with van der Waals surface area (Å²) in [5, 5.41) is 9.13. The van der Waals surface area contributed by atoms with Crippen LogP contribution in [0.1, 0.15) is 40.0 Å². The standard InChI is InChI=1S/C14H26N2O3/c1-4-19-11-9-14(15,13(11,2)3)12(18)16(7-8-17)10-5-6-10/h10-11,17H,4-9,15H2,1-3H3. The van der Waals surface area contributed by atoms with Gasteiger partial charge in [-0.1, -0.05) is 13.8 Å². The maximum absolute atomic E-state index is 12.7. The zero-order valence-corrected chi connectivity index (χ0v) is 12.2. The molecule has 0 saturated heterocycles. The van der Waals surface area contributed by atoms with Gasteiger partial charge in [-0.05, 0) is 19.8 Å². The predicted molar refractivity (Wildman–Crippen MR) is 72.6 cm³/mol. The van der Waals surface area contributed by atoms with Crippen molar-refractivity contribution in [3.63, 3.8) is 0 Å². The van der Waals surface area contributed by atoms with Gasteiger partial charge in [0.2, 0.25) is 5.91 Å². The van der Waals surface area contributed by atoms with Crippen LogP contribution in [0.5, 0.6) is 0 Å². The molecule has 0 aromatic heterocycles. The van der Waals surface area contributed by atoms with Gasteiger partial charge in [0, 0.05) is 31.0 Å². The van der Waals surface area contributed by atoms with Crippen molar-refractivity contribution in [2.75, 3.05) is 19.8 Å². The highest BCUT2D eigenvalue weighted by Crippen LogP contribution is 2.51. The first-order valence-electron chi connectivity index (χ1n) is 7.21. The van der Waals surface area contributed by atoms with E-state index in [1.165, 1.54) is 0 Å². The number of rotatable bonds is 6. The van der Waals surface area contributed by atoms with Crippen LogP contribution < -0.4 is 5.73 Å². The molecule has 110 valence electrons. The first-order valence-corrected chi connectivity index (χ1v) is 7.21. The highest BCUT2D eigenvalue weighted by atomic mass is 16.5. The molecule has 2 atom stereocenters. The van der Waals surface area contributed by atoms with E-state index in [1.54, 1.807) is 4.90 Å². The maximum atomic E-state index is 12.7.